The van der Waals surface area contributed by atoms with Gasteiger partial charge in [-0.15, -0.1) is 11.8 Å². The molecule has 2 aromatic heterocycles. The van der Waals surface area contributed by atoms with Crippen LogP contribution in [0.3, 0.4) is 0 Å². The first kappa shape index (κ1) is 28.1. The molecule has 0 saturated carbocycles. The van der Waals surface area contributed by atoms with Crippen molar-refractivity contribution in [2.75, 3.05) is 10.6 Å². The van der Waals surface area contributed by atoms with Crippen LogP contribution in [0.2, 0.25) is 0 Å². The van der Waals surface area contributed by atoms with Gasteiger partial charge in [-0.2, -0.15) is 0 Å². The second-order valence-electron chi connectivity index (χ2n) is 8.99. The summed E-state index contributed by atoms with van der Waals surface area (Å²) >= 11 is 1.34. The van der Waals surface area contributed by atoms with Gasteiger partial charge in [-0.25, -0.2) is 4.98 Å². The summed E-state index contributed by atoms with van der Waals surface area (Å²) in [6.07, 6.45) is 4.56. The third kappa shape index (κ3) is 7.61. The number of nitrogens with one attached hydrogen (secondary N) is 3. The van der Waals surface area contributed by atoms with Gasteiger partial charge < -0.3 is 20.4 Å². The van der Waals surface area contributed by atoms with E-state index in [0.717, 1.165) is 10.5 Å². The lowest BCUT2D eigenvalue weighted by Crippen LogP contribution is -2.30. The number of hydrogen-bond acceptors (Lipinski definition) is 6. The molecule has 3 N–H and O–H groups in total. The lowest BCUT2D eigenvalue weighted by Gasteiger charge is -2.17. The van der Waals surface area contributed by atoms with Crippen molar-refractivity contribution in [3.05, 3.63) is 150 Å². The maximum Gasteiger partial charge on any atom is 0.272 e. The summed E-state index contributed by atoms with van der Waals surface area (Å²) in [6, 6.07) is 33.9. The monoisotopic (exact) mass is 574 g/mol. The van der Waals surface area contributed by atoms with E-state index in [-0.39, 0.29) is 11.6 Å². The maximum atomic E-state index is 13.4. The standard InChI is InChI=1S/C33H26N4O4S/c38-31(24-13-5-2-6-14-24)36-28(22-26-16-10-20-41-26)32(39)35-25-15-9-17-27(21-25)42-30(23-11-3-1-4-12-23)33(40)37-29-18-7-8-19-34-29/h1-22,30H,(H,35,39)(H,36,38)(H,34,37,40)/b28-22-. The molecule has 0 aliphatic carbocycles. The highest BCUT2D eigenvalue weighted by atomic mass is 32.2. The third-order valence-electron chi connectivity index (χ3n) is 5.96. The highest BCUT2D eigenvalue weighted by Gasteiger charge is 2.23. The van der Waals surface area contributed by atoms with Gasteiger partial charge in [-0.1, -0.05) is 60.7 Å². The van der Waals surface area contributed by atoms with Gasteiger partial charge in [-0.3, -0.25) is 14.4 Å². The van der Waals surface area contributed by atoms with E-state index in [2.05, 4.69) is 20.9 Å². The van der Waals surface area contributed by atoms with E-state index >= 15 is 0 Å². The number of benzene rings is 3. The molecule has 0 spiro atoms. The number of amides is 3. The lowest BCUT2D eigenvalue weighted by molar-refractivity contribution is -0.116. The molecule has 2 heterocycles. The van der Waals surface area contributed by atoms with Crippen LogP contribution in [0.1, 0.15) is 26.9 Å². The van der Waals surface area contributed by atoms with Crippen molar-refractivity contribution in [1.29, 1.82) is 0 Å². The number of carbonyl (C=O) groups excluding carboxylic acids is 3. The van der Waals surface area contributed by atoms with E-state index in [1.165, 1.54) is 24.1 Å². The number of anilines is 2. The molecular formula is C33H26N4O4S. The summed E-state index contributed by atoms with van der Waals surface area (Å²) < 4.78 is 5.37. The first-order valence-electron chi connectivity index (χ1n) is 13.0. The van der Waals surface area contributed by atoms with Crippen LogP contribution >= 0.6 is 11.8 Å². The highest BCUT2D eigenvalue weighted by molar-refractivity contribution is 8.00. The van der Waals surface area contributed by atoms with Gasteiger partial charge in [0.2, 0.25) is 5.91 Å². The summed E-state index contributed by atoms with van der Waals surface area (Å²) in [4.78, 5) is 44.5. The number of aromatic nitrogens is 1. The normalized spacial score (nSPS) is 11.8. The van der Waals surface area contributed by atoms with E-state index in [1.54, 1.807) is 85.1 Å². The van der Waals surface area contributed by atoms with E-state index < -0.39 is 17.1 Å². The molecule has 9 heteroatoms. The van der Waals surface area contributed by atoms with E-state index in [4.69, 9.17) is 4.42 Å². The van der Waals surface area contributed by atoms with Gasteiger partial charge in [0.05, 0.1) is 6.26 Å². The Kier molecular flexibility index (Phi) is 9.23. The van der Waals surface area contributed by atoms with Crippen LogP contribution in [-0.4, -0.2) is 22.7 Å². The Labute approximate surface area is 246 Å². The molecule has 1 atom stereocenters. The molecule has 5 aromatic rings. The van der Waals surface area contributed by atoms with Gasteiger partial charge in [0, 0.05) is 28.4 Å². The van der Waals surface area contributed by atoms with Crippen molar-refractivity contribution >= 4 is 47.1 Å². The Morgan fingerprint density at radius 1 is 0.786 bits per heavy atom. The molecule has 0 saturated heterocycles. The molecule has 3 aromatic carbocycles. The van der Waals surface area contributed by atoms with E-state index in [1.807, 2.05) is 36.4 Å². The smallest absolute Gasteiger partial charge is 0.272 e. The number of pyridine rings is 1. The van der Waals surface area contributed by atoms with Gasteiger partial charge in [0.25, 0.3) is 11.8 Å². The largest absolute Gasteiger partial charge is 0.465 e. The average Bonchev–Trinajstić information content (AvgIpc) is 3.54. The zero-order valence-electron chi connectivity index (χ0n) is 22.3. The third-order valence-corrected chi connectivity index (χ3v) is 7.21. The minimum Gasteiger partial charge on any atom is -0.465 e. The van der Waals surface area contributed by atoms with Crippen LogP contribution < -0.4 is 16.0 Å². The van der Waals surface area contributed by atoms with Gasteiger partial charge in [0.1, 0.15) is 22.5 Å². The van der Waals surface area contributed by atoms with Gasteiger partial charge >= 0.3 is 0 Å². The van der Waals surface area contributed by atoms with Crippen molar-refractivity contribution in [3.63, 3.8) is 0 Å². The molecule has 0 aliphatic heterocycles. The Balaban J connectivity index is 1.35. The number of rotatable bonds is 10. The number of nitrogens with zero attached hydrogens (tertiary/aromatic N) is 1. The summed E-state index contributed by atoms with van der Waals surface area (Å²) in [6.45, 7) is 0. The number of thioether (sulfide) groups is 1. The van der Waals surface area contributed by atoms with E-state index in [0.29, 0.717) is 22.8 Å². The molecular weight excluding hydrogens is 548 g/mol. The highest BCUT2D eigenvalue weighted by Crippen LogP contribution is 2.37. The zero-order valence-corrected chi connectivity index (χ0v) is 23.1. The average molecular weight is 575 g/mol. The summed E-state index contributed by atoms with van der Waals surface area (Å²) in [7, 11) is 0. The summed E-state index contributed by atoms with van der Waals surface area (Å²) in [5.74, 6) is -0.338. The number of carbonyl (C=O) groups is 3. The van der Waals surface area contributed by atoms with Gasteiger partial charge in [-0.05, 0) is 60.2 Å². The second-order valence-corrected chi connectivity index (χ2v) is 10.2. The fraction of sp³-hybridized carbons (Fsp3) is 0.0303. The topological polar surface area (TPSA) is 113 Å². The lowest BCUT2D eigenvalue weighted by atomic mass is 10.1. The van der Waals surface area contributed by atoms with Crippen LogP contribution in [-0.2, 0) is 9.59 Å². The Morgan fingerprint density at radius 2 is 1.55 bits per heavy atom. The van der Waals surface area contributed by atoms with Gasteiger partial charge in [0.15, 0.2) is 0 Å². The minimum atomic E-state index is -0.585. The molecule has 0 aliphatic rings. The van der Waals surface area contributed by atoms with Crippen LogP contribution in [0.25, 0.3) is 6.08 Å². The maximum absolute atomic E-state index is 13.4. The van der Waals surface area contributed by atoms with Crippen molar-refractivity contribution in [1.82, 2.24) is 10.3 Å². The van der Waals surface area contributed by atoms with Crippen LogP contribution in [0.4, 0.5) is 11.5 Å². The number of hydrogen-bond donors (Lipinski definition) is 3. The van der Waals surface area contributed by atoms with Crippen molar-refractivity contribution in [2.24, 2.45) is 0 Å². The predicted octanol–water partition coefficient (Wildman–Crippen LogP) is 6.56. The predicted molar refractivity (Wildman–Crippen MR) is 164 cm³/mol. The number of furan rings is 1. The first-order valence-corrected chi connectivity index (χ1v) is 13.9. The Bertz CT molecular complexity index is 1680. The van der Waals surface area contributed by atoms with Crippen LogP contribution in [0, 0.1) is 0 Å². The summed E-state index contributed by atoms with van der Waals surface area (Å²) in [5, 5.41) is 7.82. The first-order chi connectivity index (χ1) is 20.5. The summed E-state index contributed by atoms with van der Waals surface area (Å²) in [5.41, 5.74) is 1.72. The molecule has 0 bridgehead atoms. The second kappa shape index (κ2) is 13.8. The molecule has 0 radical (unpaired) electrons. The SMILES string of the molecule is O=C(Nc1cccc(SC(C(=O)Nc2ccccn2)c2ccccc2)c1)/C(=C/c1ccco1)NC(=O)c1ccccc1. The van der Waals surface area contributed by atoms with Crippen molar-refractivity contribution < 1.29 is 18.8 Å². The molecule has 42 heavy (non-hydrogen) atoms. The van der Waals surface area contributed by atoms with E-state index in [9.17, 15) is 14.4 Å². The Morgan fingerprint density at radius 3 is 2.26 bits per heavy atom. The molecule has 8 nitrogen and oxygen atoms in total. The molecule has 1 unspecified atom stereocenters. The molecule has 0 fully saturated rings. The molecule has 5 rings (SSSR count). The quantitative estimate of drug-likeness (QED) is 0.129. The molecule has 208 valence electrons. The van der Waals surface area contributed by atoms with Crippen molar-refractivity contribution in [3.8, 4) is 0 Å². The van der Waals surface area contributed by atoms with Crippen LogP contribution in [0.5, 0.6) is 0 Å². The van der Waals surface area contributed by atoms with Crippen LogP contribution in [0.15, 0.2) is 143 Å². The fourth-order valence-electron chi connectivity index (χ4n) is 3.97. The Hall–Kier alpha value is -5.41. The fourth-order valence-corrected chi connectivity index (χ4v) is 5.05. The van der Waals surface area contributed by atoms with Crippen molar-refractivity contribution in [2.45, 2.75) is 10.1 Å². The zero-order chi connectivity index (χ0) is 29.1. The molecule has 3 amide bonds. The minimum absolute atomic E-state index is 0.00811.